The standard InChI is InChI=1S/C16H23BrO2/c1-11-9-14(19-3)12(10-13(11)17)15(18)16(2)7-5-4-6-8-16/h9-10,15,18H,4-8H2,1-3H3. The summed E-state index contributed by atoms with van der Waals surface area (Å²) in [6.07, 6.45) is 5.42. The average Bonchev–Trinajstić information content (AvgIpc) is 2.41. The van der Waals surface area contributed by atoms with Crippen LogP contribution in [-0.2, 0) is 0 Å². The van der Waals surface area contributed by atoms with Crippen LogP contribution in [0.2, 0.25) is 0 Å². The molecule has 1 aromatic carbocycles. The summed E-state index contributed by atoms with van der Waals surface area (Å²) < 4.78 is 6.49. The number of hydrogen-bond donors (Lipinski definition) is 1. The lowest BCUT2D eigenvalue weighted by atomic mass is 9.70. The Morgan fingerprint density at radius 3 is 2.47 bits per heavy atom. The molecule has 19 heavy (non-hydrogen) atoms. The number of ether oxygens (including phenoxy) is 1. The fourth-order valence-corrected chi connectivity index (χ4v) is 3.43. The predicted octanol–water partition coefficient (Wildman–Crippen LogP) is 4.77. The summed E-state index contributed by atoms with van der Waals surface area (Å²) in [4.78, 5) is 0. The first-order valence-electron chi connectivity index (χ1n) is 7.00. The molecule has 0 radical (unpaired) electrons. The van der Waals surface area contributed by atoms with Gasteiger partial charge in [-0.25, -0.2) is 0 Å². The Hall–Kier alpha value is -0.540. The van der Waals surface area contributed by atoms with E-state index >= 15 is 0 Å². The second-order valence-corrected chi connectivity index (χ2v) is 6.81. The number of aryl methyl sites for hydroxylation is 1. The fourth-order valence-electron chi connectivity index (χ4n) is 3.07. The molecule has 1 fully saturated rings. The van der Waals surface area contributed by atoms with Crippen molar-refractivity contribution < 1.29 is 9.84 Å². The Kier molecular flexibility index (Phi) is 4.57. The van der Waals surface area contributed by atoms with Crippen molar-refractivity contribution in [1.29, 1.82) is 0 Å². The van der Waals surface area contributed by atoms with Gasteiger partial charge in [0.1, 0.15) is 5.75 Å². The van der Waals surface area contributed by atoms with E-state index in [0.717, 1.165) is 34.2 Å². The molecule has 0 aliphatic heterocycles. The van der Waals surface area contributed by atoms with Crippen LogP contribution < -0.4 is 4.74 Å². The van der Waals surface area contributed by atoms with Crippen LogP contribution in [0.15, 0.2) is 16.6 Å². The summed E-state index contributed by atoms with van der Waals surface area (Å²) in [6.45, 7) is 4.23. The van der Waals surface area contributed by atoms with Crippen molar-refractivity contribution in [1.82, 2.24) is 0 Å². The normalized spacial score (nSPS) is 20.1. The third-order valence-corrected chi connectivity index (χ3v) is 5.32. The van der Waals surface area contributed by atoms with E-state index in [2.05, 4.69) is 22.9 Å². The average molecular weight is 327 g/mol. The van der Waals surface area contributed by atoms with Crippen molar-refractivity contribution in [2.75, 3.05) is 7.11 Å². The lowest BCUT2D eigenvalue weighted by Crippen LogP contribution is -2.28. The molecule has 1 atom stereocenters. The van der Waals surface area contributed by atoms with Crippen LogP contribution in [0.4, 0.5) is 0 Å². The maximum atomic E-state index is 10.8. The maximum absolute atomic E-state index is 10.8. The molecule has 3 heteroatoms. The van der Waals surface area contributed by atoms with Gasteiger partial charge in [0, 0.05) is 10.0 Å². The van der Waals surface area contributed by atoms with E-state index in [0.29, 0.717) is 0 Å². The molecule has 1 aromatic rings. The molecular formula is C16H23BrO2. The van der Waals surface area contributed by atoms with Crippen molar-refractivity contribution in [3.05, 3.63) is 27.7 Å². The molecule has 1 saturated carbocycles. The smallest absolute Gasteiger partial charge is 0.125 e. The maximum Gasteiger partial charge on any atom is 0.125 e. The van der Waals surface area contributed by atoms with Gasteiger partial charge >= 0.3 is 0 Å². The van der Waals surface area contributed by atoms with E-state index in [9.17, 15) is 5.11 Å². The Morgan fingerprint density at radius 1 is 1.26 bits per heavy atom. The fraction of sp³-hybridized carbons (Fsp3) is 0.625. The topological polar surface area (TPSA) is 29.5 Å². The molecule has 1 N–H and O–H groups in total. The molecule has 0 saturated heterocycles. The Bertz CT molecular complexity index is 450. The van der Waals surface area contributed by atoms with E-state index in [1.807, 2.05) is 19.1 Å². The summed E-state index contributed by atoms with van der Waals surface area (Å²) in [7, 11) is 1.67. The first kappa shape index (κ1) is 14.9. The SMILES string of the molecule is COc1cc(C)c(Br)cc1C(O)C1(C)CCCCC1. The van der Waals surface area contributed by atoms with Gasteiger partial charge in [-0.3, -0.25) is 0 Å². The molecule has 0 aromatic heterocycles. The zero-order valence-corrected chi connectivity index (χ0v) is 13.6. The third kappa shape index (κ3) is 2.97. The Balaban J connectivity index is 2.37. The molecule has 0 spiro atoms. The summed E-state index contributed by atoms with van der Waals surface area (Å²) in [6, 6.07) is 4.01. The van der Waals surface area contributed by atoms with E-state index in [-0.39, 0.29) is 5.41 Å². The van der Waals surface area contributed by atoms with Gasteiger partial charge < -0.3 is 9.84 Å². The lowest BCUT2D eigenvalue weighted by Gasteiger charge is -2.38. The van der Waals surface area contributed by atoms with Crippen LogP contribution in [0, 0.1) is 12.3 Å². The molecule has 1 aliphatic carbocycles. The highest BCUT2D eigenvalue weighted by molar-refractivity contribution is 9.10. The van der Waals surface area contributed by atoms with E-state index in [1.165, 1.54) is 19.3 Å². The minimum Gasteiger partial charge on any atom is -0.496 e. The zero-order valence-electron chi connectivity index (χ0n) is 12.0. The van der Waals surface area contributed by atoms with Gasteiger partial charge in [-0.05, 0) is 42.9 Å². The molecule has 1 unspecified atom stereocenters. The molecule has 2 rings (SSSR count). The van der Waals surface area contributed by atoms with Crippen LogP contribution in [0.5, 0.6) is 5.75 Å². The molecule has 0 bridgehead atoms. The highest BCUT2D eigenvalue weighted by Gasteiger charge is 2.36. The van der Waals surface area contributed by atoms with Gasteiger partial charge in [-0.1, -0.05) is 42.1 Å². The Morgan fingerprint density at radius 2 is 1.89 bits per heavy atom. The number of halogens is 1. The summed E-state index contributed by atoms with van der Waals surface area (Å²) in [5.41, 5.74) is 2.01. The number of aliphatic hydroxyl groups excluding tert-OH is 1. The monoisotopic (exact) mass is 326 g/mol. The van der Waals surface area contributed by atoms with Gasteiger partial charge in [-0.2, -0.15) is 0 Å². The van der Waals surface area contributed by atoms with Crippen molar-refractivity contribution in [3.63, 3.8) is 0 Å². The summed E-state index contributed by atoms with van der Waals surface area (Å²) in [5.74, 6) is 0.792. The minimum absolute atomic E-state index is 0.0276. The molecule has 0 heterocycles. The quantitative estimate of drug-likeness (QED) is 0.866. The number of hydrogen-bond acceptors (Lipinski definition) is 2. The first-order valence-corrected chi connectivity index (χ1v) is 7.79. The molecular weight excluding hydrogens is 304 g/mol. The summed E-state index contributed by atoms with van der Waals surface area (Å²) in [5, 5.41) is 10.8. The molecule has 2 nitrogen and oxygen atoms in total. The lowest BCUT2D eigenvalue weighted by molar-refractivity contribution is 0.00665. The van der Waals surface area contributed by atoms with Crippen molar-refractivity contribution in [3.8, 4) is 5.75 Å². The second-order valence-electron chi connectivity index (χ2n) is 5.96. The van der Waals surface area contributed by atoms with Gasteiger partial charge in [0.15, 0.2) is 0 Å². The van der Waals surface area contributed by atoms with Crippen molar-refractivity contribution >= 4 is 15.9 Å². The Labute approximate surface area is 124 Å². The van der Waals surface area contributed by atoms with Gasteiger partial charge in [0.2, 0.25) is 0 Å². The van der Waals surface area contributed by atoms with Gasteiger partial charge in [0.05, 0.1) is 13.2 Å². The number of benzene rings is 1. The first-order chi connectivity index (χ1) is 8.98. The minimum atomic E-state index is -0.459. The highest BCUT2D eigenvalue weighted by atomic mass is 79.9. The van der Waals surface area contributed by atoms with Crippen LogP contribution >= 0.6 is 15.9 Å². The van der Waals surface area contributed by atoms with Crippen LogP contribution in [-0.4, -0.2) is 12.2 Å². The molecule has 106 valence electrons. The second kappa shape index (κ2) is 5.84. The van der Waals surface area contributed by atoms with Crippen LogP contribution in [0.1, 0.15) is 56.3 Å². The van der Waals surface area contributed by atoms with Crippen LogP contribution in [0.3, 0.4) is 0 Å². The van der Waals surface area contributed by atoms with Gasteiger partial charge in [0.25, 0.3) is 0 Å². The number of methoxy groups -OCH3 is 1. The largest absolute Gasteiger partial charge is 0.496 e. The summed E-state index contributed by atoms with van der Waals surface area (Å²) >= 11 is 3.55. The van der Waals surface area contributed by atoms with Crippen LogP contribution in [0.25, 0.3) is 0 Å². The number of rotatable bonds is 3. The van der Waals surface area contributed by atoms with Crippen molar-refractivity contribution in [2.24, 2.45) is 5.41 Å². The zero-order chi connectivity index (χ0) is 14.0. The highest BCUT2D eigenvalue weighted by Crippen LogP contribution is 2.48. The number of aliphatic hydroxyl groups is 1. The predicted molar refractivity (Wildman–Crippen MR) is 81.6 cm³/mol. The molecule has 0 amide bonds. The van der Waals surface area contributed by atoms with Crippen molar-refractivity contribution in [2.45, 2.75) is 52.1 Å². The van der Waals surface area contributed by atoms with Gasteiger partial charge in [-0.15, -0.1) is 0 Å². The third-order valence-electron chi connectivity index (χ3n) is 4.46. The van der Waals surface area contributed by atoms with E-state index in [1.54, 1.807) is 7.11 Å². The van der Waals surface area contributed by atoms with E-state index < -0.39 is 6.10 Å². The molecule has 1 aliphatic rings. The van der Waals surface area contributed by atoms with E-state index in [4.69, 9.17) is 4.74 Å².